The molecular weight excluding hydrogens is 414 g/mol. The molecule has 0 aliphatic heterocycles. The Morgan fingerprint density at radius 3 is 2.19 bits per heavy atom. The average Bonchev–Trinajstić information content (AvgIpc) is 2.75. The molecule has 0 fully saturated rings. The first kappa shape index (κ1) is 24.4. The summed E-state index contributed by atoms with van der Waals surface area (Å²) in [6.45, 7) is 3.56. The van der Waals surface area contributed by atoms with Gasteiger partial charge < -0.3 is 10.2 Å². The highest BCUT2D eigenvalue weighted by Gasteiger charge is 2.31. The summed E-state index contributed by atoms with van der Waals surface area (Å²) in [5.41, 5.74) is 2.23. The van der Waals surface area contributed by atoms with Gasteiger partial charge in [-0.1, -0.05) is 55.5 Å². The molecule has 0 spiro atoms. The number of para-hydroxylation sites is 1. The fourth-order valence-electron chi connectivity index (χ4n) is 3.50. The van der Waals surface area contributed by atoms with Crippen LogP contribution in [0.25, 0.3) is 0 Å². The van der Waals surface area contributed by atoms with E-state index in [1.165, 1.54) is 11.9 Å². The minimum Gasteiger partial charge on any atom is -0.357 e. The summed E-state index contributed by atoms with van der Waals surface area (Å²) in [5.74, 6) is -0.689. The van der Waals surface area contributed by atoms with E-state index >= 15 is 0 Å². The number of carbonyl (C=O) groups is 2. The third kappa shape index (κ3) is 6.55. The van der Waals surface area contributed by atoms with Gasteiger partial charge in [0.25, 0.3) is 0 Å². The van der Waals surface area contributed by atoms with Gasteiger partial charge in [-0.25, -0.2) is 8.42 Å². The number of amides is 2. The molecule has 0 heterocycles. The first-order valence-electron chi connectivity index (χ1n) is 10.3. The minimum absolute atomic E-state index is 0.272. The number of anilines is 1. The van der Waals surface area contributed by atoms with Crippen molar-refractivity contribution in [1.29, 1.82) is 0 Å². The highest BCUT2D eigenvalue weighted by Crippen LogP contribution is 2.22. The Hall–Kier alpha value is -2.87. The topological polar surface area (TPSA) is 86.8 Å². The number of hydrogen-bond acceptors (Lipinski definition) is 4. The summed E-state index contributed by atoms with van der Waals surface area (Å²) in [5, 5.41) is 2.61. The van der Waals surface area contributed by atoms with Crippen LogP contribution >= 0.6 is 0 Å². The van der Waals surface area contributed by atoms with Crippen LogP contribution < -0.4 is 9.62 Å². The summed E-state index contributed by atoms with van der Waals surface area (Å²) in [6, 6.07) is 16.0. The second-order valence-corrected chi connectivity index (χ2v) is 9.32. The number of hydrogen-bond donors (Lipinski definition) is 1. The molecule has 1 N–H and O–H groups in total. The summed E-state index contributed by atoms with van der Waals surface area (Å²) >= 11 is 0. The van der Waals surface area contributed by atoms with Gasteiger partial charge in [0.2, 0.25) is 21.8 Å². The average molecular weight is 446 g/mol. The van der Waals surface area contributed by atoms with E-state index in [9.17, 15) is 18.0 Å². The van der Waals surface area contributed by atoms with Crippen LogP contribution in [0.2, 0.25) is 0 Å². The van der Waals surface area contributed by atoms with E-state index in [2.05, 4.69) is 5.32 Å². The normalized spacial score (nSPS) is 12.1. The summed E-state index contributed by atoms with van der Waals surface area (Å²) < 4.78 is 26.2. The van der Waals surface area contributed by atoms with Crippen LogP contribution in [0.1, 0.15) is 24.5 Å². The van der Waals surface area contributed by atoms with Crippen molar-refractivity contribution in [2.45, 2.75) is 32.7 Å². The molecule has 2 amide bonds. The largest absolute Gasteiger partial charge is 0.357 e. The summed E-state index contributed by atoms with van der Waals surface area (Å²) in [7, 11) is -2.18. The lowest BCUT2D eigenvalue weighted by Gasteiger charge is -2.32. The Kier molecular flexibility index (Phi) is 8.62. The fourth-order valence-corrected chi connectivity index (χ4v) is 4.41. The maximum atomic E-state index is 13.4. The fraction of sp³-hybridized carbons (Fsp3) is 0.391. The molecule has 0 saturated carbocycles. The van der Waals surface area contributed by atoms with Crippen molar-refractivity contribution >= 4 is 27.5 Å². The Balaban J connectivity index is 2.35. The zero-order valence-electron chi connectivity index (χ0n) is 18.5. The second kappa shape index (κ2) is 10.9. The molecule has 7 nitrogen and oxygen atoms in total. The standard InChI is InChI=1S/C23H31N3O4S/c1-5-20(23(28)24-3)25(16-15-19-12-7-6-8-13-19)22(27)17-26(31(4,29)30)21-14-10-9-11-18(21)2/h6-14,20H,5,15-17H2,1-4H3,(H,24,28). The maximum absolute atomic E-state index is 13.4. The van der Waals surface area contributed by atoms with Gasteiger partial charge >= 0.3 is 0 Å². The molecule has 31 heavy (non-hydrogen) atoms. The van der Waals surface area contributed by atoms with Crippen LogP contribution in [0.15, 0.2) is 54.6 Å². The lowest BCUT2D eigenvalue weighted by molar-refractivity contribution is -0.139. The van der Waals surface area contributed by atoms with Gasteiger partial charge in [-0.15, -0.1) is 0 Å². The third-order valence-corrected chi connectivity index (χ3v) is 6.31. The molecule has 0 saturated heterocycles. The lowest BCUT2D eigenvalue weighted by atomic mass is 10.1. The molecular formula is C23H31N3O4S. The van der Waals surface area contributed by atoms with E-state index in [4.69, 9.17) is 0 Å². The quantitative estimate of drug-likeness (QED) is 0.608. The first-order chi connectivity index (χ1) is 14.7. The molecule has 0 bridgehead atoms. The van der Waals surface area contributed by atoms with Gasteiger partial charge in [-0.05, 0) is 37.0 Å². The van der Waals surface area contributed by atoms with Crippen LogP contribution in [0.4, 0.5) is 5.69 Å². The molecule has 1 unspecified atom stereocenters. The van der Waals surface area contributed by atoms with Crippen molar-refractivity contribution in [2.24, 2.45) is 0 Å². The van der Waals surface area contributed by atoms with Gasteiger partial charge in [0.05, 0.1) is 11.9 Å². The smallest absolute Gasteiger partial charge is 0.244 e. The third-order valence-electron chi connectivity index (χ3n) is 5.18. The van der Waals surface area contributed by atoms with Gasteiger partial charge in [-0.2, -0.15) is 0 Å². The second-order valence-electron chi connectivity index (χ2n) is 7.42. The van der Waals surface area contributed by atoms with Crippen molar-refractivity contribution in [3.8, 4) is 0 Å². The molecule has 1 atom stereocenters. The van der Waals surface area contributed by atoms with Gasteiger partial charge in [-0.3, -0.25) is 13.9 Å². The molecule has 0 radical (unpaired) electrons. The number of carbonyl (C=O) groups excluding carboxylic acids is 2. The van der Waals surface area contributed by atoms with Crippen molar-refractivity contribution in [3.63, 3.8) is 0 Å². The molecule has 0 aliphatic rings. The molecule has 2 rings (SSSR count). The number of benzene rings is 2. The van der Waals surface area contributed by atoms with Crippen LogP contribution in [0, 0.1) is 6.92 Å². The highest BCUT2D eigenvalue weighted by molar-refractivity contribution is 7.92. The Morgan fingerprint density at radius 1 is 1.03 bits per heavy atom. The molecule has 8 heteroatoms. The predicted octanol–water partition coefficient (Wildman–Crippen LogP) is 2.36. The Morgan fingerprint density at radius 2 is 1.65 bits per heavy atom. The number of likely N-dealkylation sites (N-methyl/N-ethyl adjacent to an activating group) is 1. The number of nitrogens with one attached hydrogen (secondary N) is 1. The Labute approximate surface area is 185 Å². The molecule has 168 valence electrons. The SMILES string of the molecule is CCC(C(=O)NC)N(CCc1ccccc1)C(=O)CN(c1ccccc1C)S(C)(=O)=O. The molecule has 0 aliphatic carbocycles. The van der Waals surface area contributed by atoms with E-state index in [1.54, 1.807) is 25.1 Å². The number of nitrogens with zero attached hydrogens (tertiary/aromatic N) is 2. The summed E-state index contributed by atoms with van der Waals surface area (Å²) in [6.07, 6.45) is 2.06. The van der Waals surface area contributed by atoms with Crippen LogP contribution in [0.5, 0.6) is 0 Å². The van der Waals surface area contributed by atoms with E-state index < -0.39 is 22.0 Å². The Bertz CT molecular complexity index is 993. The van der Waals surface area contributed by atoms with Gasteiger partial charge in [0.15, 0.2) is 0 Å². The van der Waals surface area contributed by atoms with Crippen molar-refractivity contribution in [3.05, 3.63) is 65.7 Å². The van der Waals surface area contributed by atoms with E-state index in [0.29, 0.717) is 25.1 Å². The molecule has 2 aromatic carbocycles. The van der Waals surface area contributed by atoms with Crippen molar-refractivity contribution < 1.29 is 18.0 Å². The van der Waals surface area contributed by atoms with Gasteiger partial charge in [0.1, 0.15) is 12.6 Å². The first-order valence-corrected chi connectivity index (χ1v) is 12.1. The summed E-state index contributed by atoms with van der Waals surface area (Å²) in [4.78, 5) is 27.3. The maximum Gasteiger partial charge on any atom is 0.244 e. The van der Waals surface area contributed by atoms with Crippen LogP contribution in [-0.2, 0) is 26.0 Å². The van der Waals surface area contributed by atoms with E-state index in [1.807, 2.05) is 43.3 Å². The number of sulfonamides is 1. The van der Waals surface area contributed by atoms with Crippen LogP contribution in [-0.4, -0.2) is 57.6 Å². The van der Waals surface area contributed by atoms with Crippen molar-refractivity contribution in [2.75, 3.05) is 30.7 Å². The number of aryl methyl sites for hydroxylation is 1. The highest BCUT2D eigenvalue weighted by atomic mass is 32.2. The zero-order chi connectivity index (χ0) is 23.0. The van der Waals surface area contributed by atoms with E-state index in [-0.39, 0.29) is 12.5 Å². The number of rotatable bonds is 10. The molecule has 0 aromatic heterocycles. The molecule has 2 aromatic rings. The van der Waals surface area contributed by atoms with Gasteiger partial charge in [0, 0.05) is 13.6 Å². The van der Waals surface area contributed by atoms with Crippen molar-refractivity contribution in [1.82, 2.24) is 10.2 Å². The predicted molar refractivity (Wildman–Crippen MR) is 123 cm³/mol. The zero-order valence-corrected chi connectivity index (χ0v) is 19.4. The van der Waals surface area contributed by atoms with Crippen LogP contribution in [0.3, 0.4) is 0 Å². The van der Waals surface area contributed by atoms with E-state index in [0.717, 1.165) is 21.7 Å². The minimum atomic E-state index is -3.71. The monoisotopic (exact) mass is 445 g/mol. The lowest BCUT2D eigenvalue weighted by Crippen LogP contribution is -2.52.